The average molecular weight is 260 g/mol. The first-order chi connectivity index (χ1) is 9.13. The van der Waals surface area contributed by atoms with Crippen LogP contribution in [0, 0.1) is 5.92 Å². The number of nitrogens with zero attached hydrogens (tertiary/aromatic N) is 1. The van der Waals surface area contributed by atoms with Crippen molar-refractivity contribution in [3.8, 4) is 0 Å². The highest BCUT2D eigenvalue weighted by molar-refractivity contribution is 5.56. The summed E-state index contributed by atoms with van der Waals surface area (Å²) in [4.78, 5) is 2.60. The van der Waals surface area contributed by atoms with Gasteiger partial charge in [0.2, 0.25) is 0 Å². The minimum absolute atomic E-state index is 0.163. The van der Waals surface area contributed by atoms with Crippen LogP contribution in [0.2, 0.25) is 0 Å². The zero-order valence-electron chi connectivity index (χ0n) is 12.6. The van der Waals surface area contributed by atoms with E-state index < -0.39 is 0 Å². The van der Waals surface area contributed by atoms with E-state index in [0.29, 0.717) is 0 Å². The number of hydrogen-bond donors (Lipinski definition) is 1. The lowest BCUT2D eigenvalue weighted by molar-refractivity contribution is 0.568. The van der Waals surface area contributed by atoms with Crippen molar-refractivity contribution < 1.29 is 0 Å². The molecule has 2 heteroatoms. The van der Waals surface area contributed by atoms with Crippen LogP contribution in [-0.2, 0) is 0 Å². The van der Waals surface area contributed by atoms with Gasteiger partial charge in [-0.3, -0.25) is 0 Å². The summed E-state index contributed by atoms with van der Waals surface area (Å²) in [6, 6.07) is 9.63. The van der Waals surface area contributed by atoms with Gasteiger partial charge in [-0.05, 0) is 43.2 Å². The fraction of sp³-hybridized carbons (Fsp3) is 0.647. The van der Waals surface area contributed by atoms with Gasteiger partial charge in [-0.15, -0.1) is 0 Å². The summed E-state index contributed by atoms with van der Waals surface area (Å²) >= 11 is 0. The molecule has 0 radical (unpaired) electrons. The Kier molecular flexibility index (Phi) is 4.87. The van der Waals surface area contributed by atoms with Gasteiger partial charge in [-0.1, -0.05) is 39.0 Å². The van der Waals surface area contributed by atoms with Gasteiger partial charge < -0.3 is 10.6 Å². The Morgan fingerprint density at radius 3 is 2.53 bits per heavy atom. The maximum atomic E-state index is 6.28. The van der Waals surface area contributed by atoms with Crippen LogP contribution in [0.5, 0.6) is 0 Å². The maximum Gasteiger partial charge on any atom is 0.0417 e. The zero-order valence-corrected chi connectivity index (χ0v) is 12.6. The molecule has 1 aliphatic rings. The van der Waals surface area contributed by atoms with Gasteiger partial charge in [0, 0.05) is 24.3 Å². The third kappa shape index (κ3) is 3.73. The number of hydrogen-bond acceptors (Lipinski definition) is 2. The molecule has 1 aromatic rings. The van der Waals surface area contributed by atoms with Gasteiger partial charge in [0.25, 0.3) is 0 Å². The molecule has 1 saturated carbocycles. The largest absolute Gasteiger partial charge is 0.368 e. The van der Waals surface area contributed by atoms with Gasteiger partial charge in [-0.25, -0.2) is 0 Å². The molecule has 2 nitrogen and oxygen atoms in total. The van der Waals surface area contributed by atoms with Gasteiger partial charge >= 0.3 is 0 Å². The summed E-state index contributed by atoms with van der Waals surface area (Å²) in [6.07, 6.45) is 4.94. The fourth-order valence-electron chi connectivity index (χ4n) is 2.57. The SMILES string of the molecule is CC[C@H](N)c1ccccc1N(CCC(C)C)C1CC1. The minimum Gasteiger partial charge on any atom is -0.368 e. The molecular weight excluding hydrogens is 232 g/mol. The second-order valence-electron chi connectivity index (χ2n) is 6.18. The molecule has 0 unspecified atom stereocenters. The van der Waals surface area contributed by atoms with Crippen LogP contribution in [0.25, 0.3) is 0 Å². The Morgan fingerprint density at radius 1 is 1.26 bits per heavy atom. The molecule has 106 valence electrons. The van der Waals surface area contributed by atoms with Gasteiger partial charge in [-0.2, -0.15) is 0 Å². The first-order valence-electron chi connectivity index (χ1n) is 7.74. The fourth-order valence-corrected chi connectivity index (χ4v) is 2.57. The lowest BCUT2D eigenvalue weighted by Gasteiger charge is -2.29. The third-order valence-electron chi connectivity index (χ3n) is 4.02. The van der Waals surface area contributed by atoms with Crippen LogP contribution in [0.15, 0.2) is 24.3 Å². The minimum atomic E-state index is 0.163. The molecule has 19 heavy (non-hydrogen) atoms. The van der Waals surface area contributed by atoms with Crippen molar-refractivity contribution in [2.45, 2.75) is 58.5 Å². The molecule has 0 aromatic heterocycles. The molecule has 0 heterocycles. The molecule has 1 atom stereocenters. The Balaban J connectivity index is 2.20. The van der Waals surface area contributed by atoms with Crippen molar-refractivity contribution in [3.63, 3.8) is 0 Å². The summed E-state index contributed by atoms with van der Waals surface area (Å²) in [7, 11) is 0. The van der Waals surface area contributed by atoms with Crippen molar-refractivity contribution in [3.05, 3.63) is 29.8 Å². The highest BCUT2D eigenvalue weighted by Crippen LogP contribution is 2.36. The predicted molar refractivity (Wildman–Crippen MR) is 83.5 cm³/mol. The maximum absolute atomic E-state index is 6.28. The van der Waals surface area contributed by atoms with E-state index in [2.05, 4.69) is 49.9 Å². The highest BCUT2D eigenvalue weighted by atomic mass is 15.2. The zero-order chi connectivity index (χ0) is 13.8. The topological polar surface area (TPSA) is 29.3 Å². The van der Waals surface area contributed by atoms with Crippen LogP contribution in [0.4, 0.5) is 5.69 Å². The smallest absolute Gasteiger partial charge is 0.0417 e. The Morgan fingerprint density at radius 2 is 1.95 bits per heavy atom. The number of benzene rings is 1. The van der Waals surface area contributed by atoms with Crippen LogP contribution in [0.3, 0.4) is 0 Å². The van der Waals surface area contributed by atoms with Crippen molar-refractivity contribution in [2.75, 3.05) is 11.4 Å². The summed E-state index contributed by atoms with van der Waals surface area (Å²) in [6.45, 7) is 7.93. The number of para-hydroxylation sites is 1. The summed E-state index contributed by atoms with van der Waals surface area (Å²) in [5.74, 6) is 0.758. The standard InChI is InChI=1S/C17H28N2/c1-4-16(18)15-7-5-6-8-17(15)19(14-9-10-14)12-11-13(2)3/h5-8,13-14,16H,4,9-12,18H2,1-3H3/t16-/m0/s1. The molecule has 1 aliphatic carbocycles. The van der Waals surface area contributed by atoms with Crippen molar-refractivity contribution in [1.29, 1.82) is 0 Å². The molecule has 2 rings (SSSR count). The monoisotopic (exact) mass is 260 g/mol. The Bertz CT molecular complexity index is 396. The van der Waals surface area contributed by atoms with E-state index in [-0.39, 0.29) is 6.04 Å². The van der Waals surface area contributed by atoms with E-state index in [0.717, 1.165) is 24.9 Å². The van der Waals surface area contributed by atoms with Crippen LogP contribution < -0.4 is 10.6 Å². The molecular formula is C17H28N2. The summed E-state index contributed by atoms with van der Waals surface area (Å²) < 4.78 is 0. The van der Waals surface area contributed by atoms with Gasteiger partial charge in [0.1, 0.15) is 0 Å². The quantitative estimate of drug-likeness (QED) is 0.799. The molecule has 1 aromatic carbocycles. The van der Waals surface area contributed by atoms with Crippen LogP contribution >= 0.6 is 0 Å². The van der Waals surface area contributed by atoms with Crippen molar-refractivity contribution in [2.24, 2.45) is 11.7 Å². The number of rotatable bonds is 7. The van der Waals surface area contributed by atoms with E-state index >= 15 is 0 Å². The second kappa shape index (κ2) is 6.42. The predicted octanol–water partition coefficient (Wildman–Crippen LogP) is 4.11. The number of anilines is 1. The molecule has 0 bridgehead atoms. The summed E-state index contributed by atoms with van der Waals surface area (Å²) in [5.41, 5.74) is 8.98. The molecule has 0 aliphatic heterocycles. The van der Waals surface area contributed by atoms with E-state index in [9.17, 15) is 0 Å². The highest BCUT2D eigenvalue weighted by Gasteiger charge is 2.30. The van der Waals surface area contributed by atoms with Crippen molar-refractivity contribution >= 4 is 5.69 Å². The Hall–Kier alpha value is -1.02. The molecule has 2 N–H and O–H groups in total. The lowest BCUT2D eigenvalue weighted by Crippen LogP contribution is -2.29. The van der Waals surface area contributed by atoms with Gasteiger partial charge in [0.05, 0.1) is 0 Å². The first-order valence-corrected chi connectivity index (χ1v) is 7.74. The number of nitrogens with two attached hydrogens (primary N) is 1. The Labute approximate surface area is 118 Å². The van der Waals surface area contributed by atoms with E-state index in [1.165, 1.54) is 30.5 Å². The van der Waals surface area contributed by atoms with Crippen LogP contribution in [-0.4, -0.2) is 12.6 Å². The second-order valence-corrected chi connectivity index (χ2v) is 6.18. The van der Waals surface area contributed by atoms with E-state index in [1.807, 2.05) is 0 Å². The molecule has 1 fully saturated rings. The summed E-state index contributed by atoms with van der Waals surface area (Å²) in [5, 5.41) is 0. The third-order valence-corrected chi connectivity index (χ3v) is 4.02. The van der Waals surface area contributed by atoms with E-state index in [4.69, 9.17) is 5.73 Å². The molecule has 0 saturated heterocycles. The molecule has 0 spiro atoms. The average Bonchev–Trinajstić information content (AvgIpc) is 3.23. The van der Waals surface area contributed by atoms with E-state index in [1.54, 1.807) is 0 Å². The van der Waals surface area contributed by atoms with Crippen molar-refractivity contribution in [1.82, 2.24) is 0 Å². The van der Waals surface area contributed by atoms with Crippen LogP contribution in [0.1, 0.15) is 58.1 Å². The molecule has 0 amide bonds. The lowest BCUT2D eigenvalue weighted by atomic mass is 10.0. The first kappa shape index (κ1) is 14.4. The normalized spacial score (nSPS) is 16.7. The van der Waals surface area contributed by atoms with Gasteiger partial charge in [0.15, 0.2) is 0 Å².